The molecule has 5 rings (SSSR count). The van der Waals surface area contributed by atoms with E-state index >= 15 is 0 Å². The number of anilines is 1. The number of para-hydroxylation sites is 1. The lowest BCUT2D eigenvalue weighted by Gasteiger charge is -2.45. The third kappa shape index (κ3) is 4.90. The van der Waals surface area contributed by atoms with Gasteiger partial charge < -0.3 is 14.2 Å². The molecule has 1 saturated heterocycles. The second-order valence-electron chi connectivity index (χ2n) is 9.86. The second-order valence-corrected chi connectivity index (χ2v) is 11.9. The van der Waals surface area contributed by atoms with Gasteiger partial charge in [0, 0.05) is 61.7 Å². The predicted molar refractivity (Wildman–Crippen MR) is 141 cm³/mol. The first-order chi connectivity index (χ1) is 17.2. The summed E-state index contributed by atoms with van der Waals surface area (Å²) in [4.78, 5) is 24.2. The molecule has 0 radical (unpaired) electrons. The van der Waals surface area contributed by atoms with Crippen LogP contribution in [0.5, 0.6) is 0 Å². The Morgan fingerprint density at radius 2 is 1.89 bits per heavy atom. The van der Waals surface area contributed by atoms with Crippen LogP contribution in [0.1, 0.15) is 25.8 Å². The van der Waals surface area contributed by atoms with E-state index in [4.69, 9.17) is 4.42 Å². The SMILES string of the molecule is C[C@@H]1CN(c2ccc(S(C)(=O)=O)cn2)C[C@H](C)N1CC(=O)N1CC=C(c2cccc3ccoc23)CC1. The molecule has 1 amide bonds. The number of pyridine rings is 1. The number of benzene rings is 1. The number of fused-ring (bicyclic) bond motifs is 1. The van der Waals surface area contributed by atoms with Gasteiger partial charge in [-0.3, -0.25) is 9.69 Å². The van der Waals surface area contributed by atoms with Crippen LogP contribution in [0, 0.1) is 0 Å². The lowest BCUT2D eigenvalue weighted by atomic mass is 9.98. The minimum Gasteiger partial charge on any atom is -0.464 e. The smallest absolute Gasteiger partial charge is 0.237 e. The van der Waals surface area contributed by atoms with Crippen LogP contribution in [-0.2, 0) is 14.6 Å². The van der Waals surface area contributed by atoms with Crippen LogP contribution in [0.2, 0.25) is 0 Å². The molecule has 2 aromatic heterocycles. The van der Waals surface area contributed by atoms with Crippen LogP contribution in [0.3, 0.4) is 0 Å². The zero-order valence-corrected chi connectivity index (χ0v) is 21.7. The topological polar surface area (TPSA) is 87.0 Å². The lowest BCUT2D eigenvalue weighted by Crippen LogP contribution is -2.59. The van der Waals surface area contributed by atoms with Crippen molar-refractivity contribution in [2.24, 2.45) is 0 Å². The van der Waals surface area contributed by atoms with Crippen LogP contribution in [0.25, 0.3) is 16.5 Å². The van der Waals surface area contributed by atoms with Crippen molar-refractivity contribution in [3.05, 3.63) is 60.5 Å². The van der Waals surface area contributed by atoms with Crippen LogP contribution in [-0.4, -0.2) is 80.2 Å². The summed E-state index contributed by atoms with van der Waals surface area (Å²) in [5.74, 6) is 0.900. The van der Waals surface area contributed by atoms with Crippen molar-refractivity contribution < 1.29 is 17.6 Å². The van der Waals surface area contributed by atoms with E-state index in [2.05, 4.69) is 40.8 Å². The zero-order valence-electron chi connectivity index (χ0n) is 20.9. The summed E-state index contributed by atoms with van der Waals surface area (Å²) in [5, 5.41) is 1.09. The van der Waals surface area contributed by atoms with Gasteiger partial charge >= 0.3 is 0 Å². The Morgan fingerprint density at radius 3 is 2.53 bits per heavy atom. The average Bonchev–Trinajstić information content (AvgIpc) is 3.35. The van der Waals surface area contributed by atoms with Crippen molar-refractivity contribution in [1.82, 2.24) is 14.8 Å². The number of amides is 1. The van der Waals surface area contributed by atoms with Gasteiger partial charge in [-0.1, -0.05) is 24.3 Å². The van der Waals surface area contributed by atoms with Gasteiger partial charge in [-0.05, 0) is 44.0 Å². The Kier molecular flexibility index (Phi) is 6.61. The Hall–Kier alpha value is -3.17. The number of piperazine rings is 1. The first-order valence-electron chi connectivity index (χ1n) is 12.3. The highest BCUT2D eigenvalue weighted by Gasteiger charge is 2.33. The fourth-order valence-corrected chi connectivity index (χ4v) is 5.84. The minimum absolute atomic E-state index is 0.143. The molecule has 36 heavy (non-hydrogen) atoms. The molecule has 0 bridgehead atoms. The summed E-state index contributed by atoms with van der Waals surface area (Å²) in [7, 11) is -3.27. The maximum atomic E-state index is 13.2. The van der Waals surface area contributed by atoms with Crippen molar-refractivity contribution in [3.8, 4) is 0 Å². The summed E-state index contributed by atoms with van der Waals surface area (Å²) >= 11 is 0. The molecular formula is C27H32N4O4S. The number of carbonyl (C=O) groups is 1. The van der Waals surface area contributed by atoms with Crippen molar-refractivity contribution in [2.75, 3.05) is 43.9 Å². The Balaban J connectivity index is 1.20. The number of rotatable bonds is 5. The van der Waals surface area contributed by atoms with Crippen LogP contribution in [0.15, 0.2) is 64.2 Å². The standard InChI is InChI=1S/C27H32N4O4S/c1-19-16-30(25-8-7-23(15-28-25)36(3,33)34)17-20(2)31(19)18-26(32)29-12-9-21(10-13-29)24-6-4-5-22-11-14-35-27(22)24/h4-9,11,14-15,19-20H,10,12-13,16-18H2,1-3H3/t19-,20+. The van der Waals surface area contributed by atoms with Crippen molar-refractivity contribution in [1.29, 1.82) is 0 Å². The molecule has 2 aliphatic rings. The molecule has 2 atom stereocenters. The van der Waals surface area contributed by atoms with E-state index in [0.717, 1.165) is 41.9 Å². The quantitative estimate of drug-likeness (QED) is 0.522. The summed E-state index contributed by atoms with van der Waals surface area (Å²) in [6.45, 7) is 7.37. The van der Waals surface area contributed by atoms with E-state index in [9.17, 15) is 13.2 Å². The number of hydrogen-bond donors (Lipinski definition) is 0. The van der Waals surface area contributed by atoms with E-state index in [0.29, 0.717) is 19.6 Å². The Bertz CT molecular complexity index is 1380. The molecule has 4 heterocycles. The third-order valence-corrected chi connectivity index (χ3v) is 8.38. The van der Waals surface area contributed by atoms with Gasteiger partial charge in [0.1, 0.15) is 11.4 Å². The molecule has 1 aromatic carbocycles. The monoisotopic (exact) mass is 508 g/mol. The molecule has 3 aromatic rings. The lowest BCUT2D eigenvalue weighted by molar-refractivity contribution is -0.133. The van der Waals surface area contributed by atoms with Gasteiger partial charge in [0.25, 0.3) is 0 Å². The van der Waals surface area contributed by atoms with Gasteiger partial charge in [0.2, 0.25) is 5.91 Å². The fraction of sp³-hybridized carbons (Fsp3) is 0.407. The Morgan fingerprint density at radius 1 is 1.11 bits per heavy atom. The average molecular weight is 509 g/mol. The van der Waals surface area contributed by atoms with Crippen LogP contribution < -0.4 is 4.90 Å². The molecule has 0 spiro atoms. The van der Waals surface area contributed by atoms with Gasteiger partial charge in [-0.25, -0.2) is 13.4 Å². The molecule has 1 fully saturated rings. The van der Waals surface area contributed by atoms with Crippen LogP contribution >= 0.6 is 0 Å². The van der Waals surface area contributed by atoms with Crippen molar-refractivity contribution in [3.63, 3.8) is 0 Å². The van der Waals surface area contributed by atoms with Gasteiger partial charge in [0.05, 0.1) is 17.7 Å². The van der Waals surface area contributed by atoms with Gasteiger partial charge in [-0.2, -0.15) is 0 Å². The molecule has 2 aliphatic heterocycles. The number of aromatic nitrogens is 1. The maximum absolute atomic E-state index is 13.2. The molecule has 190 valence electrons. The number of furan rings is 1. The minimum atomic E-state index is -3.27. The van der Waals surface area contributed by atoms with E-state index in [1.807, 2.05) is 23.1 Å². The number of nitrogens with zero attached hydrogens (tertiary/aromatic N) is 4. The Labute approximate surface area is 212 Å². The highest BCUT2D eigenvalue weighted by molar-refractivity contribution is 7.90. The maximum Gasteiger partial charge on any atom is 0.237 e. The second kappa shape index (κ2) is 9.71. The number of carbonyl (C=O) groups excluding carboxylic acids is 1. The van der Waals surface area contributed by atoms with Crippen LogP contribution in [0.4, 0.5) is 5.82 Å². The normalized spacial score (nSPS) is 21.6. The summed E-state index contributed by atoms with van der Waals surface area (Å²) in [5.41, 5.74) is 3.25. The van der Waals surface area contributed by atoms with E-state index in [1.165, 1.54) is 18.0 Å². The summed E-state index contributed by atoms with van der Waals surface area (Å²) < 4.78 is 29.2. The molecule has 0 aliphatic carbocycles. The molecule has 0 N–H and O–H groups in total. The zero-order chi connectivity index (χ0) is 25.4. The third-order valence-electron chi connectivity index (χ3n) is 7.28. The fourth-order valence-electron chi connectivity index (χ4n) is 5.28. The molecule has 9 heteroatoms. The van der Waals surface area contributed by atoms with Crippen molar-refractivity contribution >= 4 is 38.1 Å². The predicted octanol–water partition coefficient (Wildman–Crippen LogP) is 3.45. The van der Waals surface area contributed by atoms with Crippen molar-refractivity contribution in [2.45, 2.75) is 37.2 Å². The van der Waals surface area contributed by atoms with Gasteiger partial charge in [-0.15, -0.1) is 0 Å². The summed E-state index contributed by atoms with van der Waals surface area (Å²) in [6.07, 6.45) is 7.27. The van der Waals surface area contributed by atoms with E-state index in [-0.39, 0.29) is 22.9 Å². The molecule has 8 nitrogen and oxygen atoms in total. The largest absolute Gasteiger partial charge is 0.464 e. The number of sulfone groups is 1. The van der Waals surface area contributed by atoms with Gasteiger partial charge in [0.15, 0.2) is 9.84 Å². The summed E-state index contributed by atoms with van der Waals surface area (Å²) in [6, 6.07) is 11.8. The van der Waals surface area contributed by atoms with E-state index < -0.39 is 9.84 Å². The molecule has 0 unspecified atom stereocenters. The first kappa shape index (κ1) is 24.5. The molecule has 0 saturated carbocycles. The van der Waals surface area contributed by atoms with E-state index in [1.54, 1.807) is 18.4 Å². The molecular weight excluding hydrogens is 476 g/mol. The highest BCUT2D eigenvalue weighted by Crippen LogP contribution is 2.30. The number of hydrogen-bond acceptors (Lipinski definition) is 7. The first-order valence-corrected chi connectivity index (χ1v) is 14.2. The highest BCUT2D eigenvalue weighted by atomic mass is 32.2.